The molecule has 0 radical (unpaired) electrons. The third-order valence-electron chi connectivity index (χ3n) is 8.91. The molecule has 0 fully saturated rings. The SMILES string of the molecule is NC1=C(SCc2ccc(-n3c4cc5ccccc5cc4c4c5ccccc5ccc43)cc2)c2c(oc3ccccc23)CC1. The molecule has 0 bridgehead atoms. The van der Waals surface area contributed by atoms with Crippen LogP contribution in [0, 0.1) is 0 Å². The smallest absolute Gasteiger partial charge is 0.134 e. The summed E-state index contributed by atoms with van der Waals surface area (Å²) in [7, 11) is 0. The number of rotatable bonds is 4. The zero-order valence-corrected chi connectivity index (χ0v) is 24.3. The number of nitrogens with two attached hydrogens (primary N) is 1. The highest BCUT2D eigenvalue weighted by atomic mass is 32.2. The Kier molecular flexibility index (Phi) is 5.47. The lowest BCUT2D eigenvalue weighted by molar-refractivity contribution is 0.542. The molecule has 0 atom stereocenters. The van der Waals surface area contributed by atoms with E-state index in [0.717, 1.165) is 45.9 Å². The molecule has 6 aromatic carbocycles. The molecule has 4 heteroatoms. The van der Waals surface area contributed by atoms with Crippen LogP contribution in [-0.4, -0.2) is 4.57 Å². The zero-order chi connectivity index (χ0) is 28.5. The number of allylic oxidation sites excluding steroid dienone is 1. The predicted molar refractivity (Wildman–Crippen MR) is 183 cm³/mol. The lowest BCUT2D eigenvalue weighted by atomic mass is 10.00. The number of furan rings is 1. The highest BCUT2D eigenvalue weighted by molar-refractivity contribution is 8.07. The molecule has 8 aromatic rings. The molecule has 1 aliphatic carbocycles. The average Bonchev–Trinajstić information content (AvgIpc) is 3.59. The zero-order valence-electron chi connectivity index (χ0n) is 23.5. The first-order chi connectivity index (χ1) is 21.2. The van der Waals surface area contributed by atoms with Crippen molar-refractivity contribution in [2.24, 2.45) is 5.73 Å². The van der Waals surface area contributed by atoms with E-state index in [1.165, 1.54) is 60.2 Å². The van der Waals surface area contributed by atoms with Gasteiger partial charge in [0.2, 0.25) is 0 Å². The van der Waals surface area contributed by atoms with Gasteiger partial charge in [0.05, 0.1) is 11.0 Å². The van der Waals surface area contributed by atoms with Crippen LogP contribution in [0.3, 0.4) is 0 Å². The Hall–Kier alpha value is -4.93. The van der Waals surface area contributed by atoms with Crippen LogP contribution in [0.4, 0.5) is 0 Å². The maximum atomic E-state index is 6.59. The molecule has 9 rings (SSSR count). The monoisotopic (exact) mass is 572 g/mol. The summed E-state index contributed by atoms with van der Waals surface area (Å²) in [5.41, 5.74) is 14.6. The van der Waals surface area contributed by atoms with Crippen molar-refractivity contribution in [2.75, 3.05) is 0 Å². The second-order valence-corrected chi connectivity index (χ2v) is 12.4. The minimum atomic E-state index is 0.839. The van der Waals surface area contributed by atoms with Crippen molar-refractivity contribution in [3.05, 3.63) is 144 Å². The number of fused-ring (bicyclic) bond motifs is 9. The molecular formula is C39H28N2OS. The maximum absolute atomic E-state index is 6.59. The van der Waals surface area contributed by atoms with Crippen LogP contribution in [-0.2, 0) is 12.2 Å². The van der Waals surface area contributed by atoms with Gasteiger partial charge in [-0.1, -0.05) is 84.9 Å². The van der Waals surface area contributed by atoms with E-state index in [1.807, 2.05) is 23.9 Å². The summed E-state index contributed by atoms with van der Waals surface area (Å²) < 4.78 is 8.62. The number of thioether (sulfide) groups is 1. The Balaban J connectivity index is 1.13. The Morgan fingerprint density at radius 3 is 2.21 bits per heavy atom. The van der Waals surface area contributed by atoms with E-state index in [4.69, 9.17) is 10.2 Å². The summed E-state index contributed by atoms with van der Waals surface area (Å²) in [6.45, 7) is 0. The topological polar surface area (TPSA) is 44.1 Å². The molecule has 0 unspecified atom stereocenters. The number of para-hydroxylation sites is 1. The Bertz CT molecular complexity index is 2410. The third-order valence-corrected chi connectivity index (χ3v) is 10.1. The summed E-state index contributed by atoms with van der Waals surface area (Å²) in [6, 6.07) is 43.9. The summed E-state index contributed by atoms with van der Waals surface area (Å²) in [5, 5.41) is 8.81. The van der Waals surface area contributed by atoms with Gasteiger partial charge in [0.1, 0.15) is 11.3 Å². The van der Waals surface area contributed by atoms with Gasteiger partial charge in [0, 0.05) is 50.2 Å². The predicted octanol–water partition coefficient (Wildman–Crippen LogP) is 10.3. The van der Waals surface area contributed by atoms with Crippen LogP contribution in [0.2, 0.25) is 0 Å². The fourth-order valence-electron chi connectivity index (χ4n) is 6.86. The summed E-state index contributed by atoms with van der Waals surface area (Å²) >= 11 is 1.82. The van der Waals surface area contributed by atoms with Crippen molar-refractivity contribution in [3.63, 3.8) is 0 Å². The Labute approximate surface area is 253 Å². The van der Waals surface area contributed by atoms with Crippen molar-refractivity contribution in [1.82, 2.24) is 4.57 Å². The second kappa shape index (κ2) is 9.55. The number of nitrogens with zero attached hydrogens (tertiary/aromatic N) is 1. The molecule has 2 N–H and O–H groups in total. The minimum Gasteiger partial charge on any atom is -0.460 e. The lowest BCUT2D eigenvalue weighted by Gasteiger charge is -2.17. The van der Waals surface area contributed by atoms with Crippen molar-refractivity contribution in [2.45, 2.75) is 18.6 Å². The van der Waals surface area contributed by atoms with Crippen LogP contribution in [0.25, 0.3) is 64.9 Å². The van der Waals surface area contributed by atoms with Crippen molar-refractivity contribution in [3.8, 4) is 5.69 Å². The van der Waals surface area contributed by atoms with Crippen LogP contribution < -0.4 is 5.73 Å². The molecular weight excluding hydrogens is 545 g/mol. The standard InChI is InChI=1S/C39H28N2OS/c40-32-18-20-36-38(30-11-5-6-12-35(30)42-36)39(32)43-23-24-13-16-28(17-14-24)41-33-19-15-25-7-3-4-10-29(25)37(33)31-21-26-8-1-2-9-27(26)22-34(31)41/h1-17,19,21-22H,18,20,23,40H2. The Morgan fingerprint density at radius 1 is 0.651 bits per heavy atom. The largest absolute Gasteiger partial charge is 0.460 e. The van der Waals surface area contributed by atoms with Gasteiger partial charge in [0.15, 0.2) is 0 Å². The van der Waals surface area contributed by atoms with Gasteiger partial charge < -0.3 is 14.7 Å². The second-order valence-electron chi connectivity index (χ2n) is 11.4. The van der Waals surface area contributed by atoms with Gasteiger partial charge in [0.25, 0.3) is 0 Å². The van der Waals surface area contributed by atoms with E-state index in [9.17, 15) is 0 Å². The minimum absolute atomic E-state index is 0.839. The Morgan fingerprint density at radius 2 is 1.37 bits per heavy atom. The van der Waals surface area contributed by atoms with Gasteiger partial charge >= 0.3 is 0 Å². The first-order valence-electron chi connectivity index (χ1n) is 14.8. The maximum Gasteiger partial charge on any atom is 0.134 e. The van der Waals surface area contributed by atoms with E-state index in [0.29, 0.717) is 0 Å². The van der Waals surface area contributed by atoms with Crippen molar-refractivity contribution >= 4 is 71.0 Å². The normalized spacial score (nSPS) is 13.6. The van der Waals surface area contributed by atoms with Crippen molar-refractivity contribution in [1.29, 1.82) is 0 Å². The molecule has 1 aliphatic rings. The molecule has 3 nitrogen and oxygen atoms in total. The highest BCUT2D eigenvalue weighted by Crippen LogP contribution is 2.44. The summed E-state index contributed by atoms with van der Waals surface area (Å²) in [4.78, 5) is 1.16. The van der Waals surface area contributed by atoms with Gasteiger partial charge in [-0.05, 0) is 69.9 Å². The molecule has 0 saturated heterocycles. The number of benzene rings is 6. The number of hydrogen-bond acceptors (Lipinski definition) is 3. The van der Waals surface area contributed by atoms with Crippen molar-refractivity contribution < 1.29 is 4.42 Å². The molecule has 43 heavy (non-hydrogen) atoms. The van der Waals surface area contributed by atoms with E-state index in [-0.39, 0.29) is 0 Å². The van der Waals surface area contributed by atoms with E-state index in [2.05, 4.69) is 114 Å². The van der Waals surface area contributed by atoms with E-state index >= 15 is 0 Å². The fourth-order valence-corrected chi connectivity index (χ4v) is 8.01. The molecule has 0 aliphatic heterocycles. The van der Waals surface area contributed by atoms with Crippen LogP contribution in [0.5, 0.6) is 0 Å². The summed E-state index contributed by atoms with van der Waals surface area (Å²) in [5.74, 6) is 1.90. The third kappa shape index (κ3) is 3.83. The average molecular weight is 573 g/mol. The van der Waals surface area contributed by atoms with Gasteiger partial charge in [-0.15, -0.1) is 11.8 Å². The van der Waals surface area contributed by atoms with Gasteiger partial charge in [-0.25, -0.2) is 0 Å². The first-order valence-corrected chi connectivity index (χ1v) is 15.8. The van der Waals surface area contributed by atoms with Crippen LogP contribution >= 0.6 is 11.8 Å². The number of aromatic nitrogens is 1. The van der Waals surface area contributed by atoms with E-state index in [1.54, 1.807) is 0 Å². The quantitative estimate of drug-likeness (QED) is 0.228. The molecule has 206 valence electrons. The lowest BCUT2D eigenvalue weighted by Crippen LogP contribution is -2.08. The fraction of sp³-hybridized carbons (Fsp3) is 0.0769. The number of hydrogen-bond donors (Lipinski definition) is 1. The van der Waals surface area contributed by atoms with Crippen LogP contribution in [0.1, 0.15) is 23.3 Å². The van der Waals surface area contributed by atoms with Crippen LogP contribution in [0.15, 0.2) is 131 Å². The van der Waals surface area contributed by atoms with Gasteiger partial charge in [-0.3, -0.25) is 0 Å². The summed E-state index contributed by atoms with van der Waals surface area (Å²) in [6.07, 6.45) is 1.70. The molecule has 0 saturated carbocycles. The molecule has 0 spiro atoms. The van der Waals surface area contributed by atoms with Gasteiger partial charge in [-0.2, -0.15) is 0 Å². The first kappa shape index (κ1) is 24.6. The van der Waals surface area contributed by atoms with E-state index < -0.39 is 0 Å². The number of aryl methyl sites for hydroxylation is 1. The molecule has 0 amide bonds. The molecule has 2 aromatic heterocycles. The molecule has 2 heterocycles. The highest BCUT2D eigenvalue weighted by Gasteiger charge is 2.24.